The summed E-state index contributed by atoms with van der Waals surface area (Å²) >= 11 is 6.46. The number of rotatable bonds is 6. The molecule has 0 spiro atoms. The van der Waals surface area contributed by atoms with E-state index in [1.807, 2.05) is 6.20 Å². The third kappa shape index (κ3) is 4.93. The highest BCUT2D eigenvalue weighted by molar-refractivity contribution is 6.20. The second kappa shape index (κ2) is 9.05. The lowest BCUT2D eigenvalue weighted by Crippen LogP contribution is -2.47. The minimum absolute atomic E-state index is 0.00123. The van der Waals surface area contributed by atoms with E-state index in [4.69, 9.17) is 16.3 Å². The third-order valence-electron chi connectivity index (χ3n) is 6.38. The standard InChI is InChI=1S/C20H32ClN5O/c1-26-9-6-14(7-10-26)13-27-18-11-15(5-8-22-18)12-23-16-3-2-4-17-19(16)20(21)25-24-17/h5,8,11,14,16-17,19-20,23-25H,2-4,6-7,9-10,12-13H2,1H3. The summed E-state index contributed by atoms with van der Waals surface area (Å²) in [5, 5.41) is 3.72. The van der Waals surface area contributed by atoms with E-state index in [9.17, 15) is 0 Å². The first-order valence-electron chi connectivity index (χ1n) is 10.3. The van der Waals surface area contributed by atoms with Crippen molar-refractivity contribution in [2.45, 2.75) is 56.2 Å². The number of aromatic nitrogens is 1. The van der Waals surface area contributed by atoms with Gasteiger partial charge in [-0.2, -0.15) is 0 Å². The number of fused-ring (bicyclic) bond motifs is 1. The Morgan fingerprint density at radius 3 is 2.96 bits per heavy atom. The summed E-state index contributed by atoms with van der Waals surface area (Å²) in [5.74, 6) is 1.82. The maximum absolute atomic E-state index is 6.46. The summed E-state index contributed by atoms with van der Waals surface area (Å²) in [6, 6.07) is 5.06. The number of likely N-dealkylation sites (tertiary alicyclic amines) is 1. The van der Waals surface area contributed by atoms with Gasteiger partial charge in [-0.05, 0) is 63.4 Å². The smallest absolute Gasteiger partial charge is 0.213 e. The van der Waals surface area contributed by atoms with Crippen molar-refractivity contribution in [3.63, 3.8) is 0 Å². The van der Waals surface area contributed by atoms with E-state index in [1.54, 1.807) is 0 Å². The predicted molar refractivity (Wildman–Crippen MR) is 108 cm³/mol. The number of halogens is 1. The molecule has 2 aliphatic heterocycles. The maximum atomic E-state index is 6.46. The van der Waals surface area contributed by atoms with Crippen molar-refractivity contribution >= 4 is 11.6 Å². The largest absolute Gasteiger partial charge is 0.477 e. The van der Waals surface area contributed by atoms with Gasteiger partial charge in [0.05, 0.1) is 6.61 Å². The second-order valence-electron chi connectivity index (χ2n) is 8.35. The molecule has 1 saturated carbocycles. The fourth-order valence-electron chi connectivity index (χ4n) is 4.64. The highest BCUT2D eigenvalue weighted by Gasteiger charge is 2.42. The van der Waals surface area contributed by atoms with E-state index in [-0.39, 0.29) is 5.50 Å². The van der Waals surface area contributed by atoms with Crippen LogP contribution in [-0.4, -0.2) is 54.2 Å². The van der Waals surface area contributed by atoms with Crippen molar-refractivity contribution in [3.8, 4) is 5.88 Å². The van der Waals surface area contributed by atoms with Gasteiger partial charge in [-0.25, -0.2) is 10.4 Å². The lowest BCUT2D eigenvalue weighted by Gasteiger charge is -2.34. The molecule has 3 N–H and O–H groups in total. The van der Waals surface area contributed by atoms with Crippen LogP contribution in [0.2, 0.25) is 0 Å². The van der Waals surface area contributed by atoms with Gasteiger partial charge in [0.15, 0.2) is 0 Å². The van der Waals surface area contributed by atoms with Crippen LogP contribution < -0.4 is 20.9 Å². The Morgan fingerprint density at radius 2 is 2.11 bits per heavy atom. The molecule has 4 unspecified atom stereocenters. The molecule has 0 radical (unpaired) electrons. The maximum Gasteiger partial charge on any atom is 0.213 e. The van der Waals surface area contributed by atoms with Crippen molar-refractivity contribution in [1.29, 1.82) is 0 Å². The van der Waals surface area contributed by atoms with Crippen LogP contribution in [0.1, 0.15) is 37.7 Å². The number of hydrogen-bond donors (Lipinski definition) is 3. The Morgan fingerprint density at radius 1 is 1.26 bits per heavy atom. The molecule has 4 atom stereocenters. The van der Waals surface area contributed by atoms with E-state index in [2.05, 4.69) is 45.2 Å². The summed E-state index contributed by atoms with van der Waals surface area (Å²) in [4.78, 5) is 6.78. The predicted octanol–water partition coefficient (Wildman–Crippen LogP) is 2.10. The summed E-state index contributed by atoms with van der Waals surface area (Å²) in [5.41, 5.74) is 7.75. The van der Waals surface area contributed by atoms with Crippen molar-refractivity contribution in [2.75, 3.05) is 26.7 Å². The summed E-state index contributed by atoms with van der Waals surface area (Å²) in [7, 11) is 2.19. The lowest BCUT2D eigenvalue weighted by atomic mass is 9.81. The minimum Gasteiger partial charge on any atom is -0.477 e. The molecule has 7 heteroatoms. The van der Waals surface area contributed by atoms with Crippen molar-refractivity contribution < 1.29 is 4.74 Å². The molecule has 3 heterocycles. The van der Waals surface area contributed by atoms with Gasteiger partial charge in [0.1, 0.15) is 5.50 Å². The zero-order valence-electron chi connectivity index (χ0n) is 16.2. The number of ether oxygens (including phenoxy) is 1. The molecule has 27 heavy (non-hydrogen) atoms. The average molecular weight is 394 g/mol. The van der Waals surface area contributed by atoms with Crippen LogP contribution in [0.3, 0.4) is 0 Å². The highest BCUT2D eigenvalue weighted by atomic mass is 35.5. The van der Waals surface area contributed by atoms with Gasteiger partial charge in [-0.1, -0.05) is 6.42 Å². The zero-order chi connectivity index (χ0) is 18.6. The number of nitrogens with one attached hydrogen (secondary N) is 3. The van der Waals surface area contributed by atoms with Crippen LogP contribution in [0.4, 0.5) is 0 Å². The molecule has 6 nitrogen and oxygen atoms in total. The Bertz CT molecular complexity index is 608. The number of pyridine rings is 1. The number of hydrogen-bond acceptors (Lipinski definition) is 6. The monoisotopic (exact) mass is 393 g/mol. The van der Waals surface area contributed by atoms with Crippen LogP contribution in [0.15, 0.2) is 18.3 Å². The average Bonchev–Trinajstić information content (AvgIpc) is 3.08. The fourth-order valence-corrected chi connectivity index (χ4v) is 5.05. The molecular weight excluding hydrogens is 362 g/mol. The van der Waals surface area contributed by atoms with Crippen LogP contribution in [0.5, 0.6) is 5.88 Å². The molecule has 1 aromatic rings. The Hall–Kier alpha value is -0.920. The third-order valence-corrected chi connectivity index (χ3v) is 6.78. The van der Waals surface area contributed by atoms with Gasteiger partial charge < -0.3 is 15.0 Å². The van der Waals surface area contributed by atoms with Gasteiger partial charge in [-0.15, -0.1) is 11.6 Å². The summed E-state index contributed by atoms with van der Waals surface area (Å²) in [6.07, 6.45) is 7.89. The van der Waals surface area contributed by atoms with Gasteiger partial charge >= 0.3 is 0 Å². The zero-order valence-corrected chi connectivity index (χ0v) is 16.9. The first kappa shape index (κ1) is 19.4. The molecule has 0 aromatic carbocycles. The Kier molecular flexibility index (Phi) is 6.50. The molecule has 1 aromatic heterocycles. The topological polar surface area (TPSA) is 61.5 Å². The van der Waals surface area contributed by atoms with Gasteiger partial charge in [-0.3, -0.25) is 5.43 Å². The van der Waals surface area contributed by atoms with Crippen LogP contribution in [0.25, 0.3) is 0 Å². The quantitative estimate of drug-likeness (QED) is 0.508. The van der Waals surface area contributed by atoms with Crippen LogP contribution in [0, 0.1) is 11.8 Å². The van der Waals surface area contributed by atoms with Gasteiger partial charge in [0, 0.05) is 36.8 Å². The van der Waals surface area contributed by atoms with Gasteiger partial charge in [0.2, 0.25) is 5.88 Å². The Balaban J connectivity index is 1.27. The molecule has 150 valence electrons. The molecule has 1 aliphatic carbocycles. The van der Waals surface area contributed by atoms with Crippen LogP contribution >= 0.6 is 11.6 Å². The number of hydrazine groups is 1. The van der Waals surface area contributed by atoms with E-state index < -0.39 is 0 Å². The molecule has 3 aliphatic rings. The first-order valence-corrected chi connectivity index (χ1v) is 10.8. The molecule has 0 bridgehead atoms. The van der Waals surface area contributed by atoms with E-state index in [0.717, 1.165) is 19.0 Å². The van der Waals surface area contributed by atoms with Gasteiger partial charge in [0.25, 0.3) is 0 Å². The SMILES string of the molecule is CN1CCC(COc2cc(CNC3CCCC4NNC(Cl)C34)ccn2)CC1. The van der Waals surface area contributed by atoms with Crippen LogP contribution in [-0.2, 0) is 6.54 Å². The number of piperidine rings is 1. The van der Waals surface area contributed by atoms with Crippen molar-refractivity contribution in [3.05, 3.63) is 23.9 Å². The fraction of sp³-hybridized carbons (Fsp3) is 0.750. The van der Waals surface area contributed by atoms with Crippen molar-refractivity contribution in [1.82, 2.24) is 26.1 Å². The number of nitrogens with zero attached hydrogens (tertiary/aromatic N) is 2. The normalized spacial score (nSPS) is 32.4. The molecule has 2 saturated heterocycles. The molecular formula is C20H32ClN5O. The molecule has 4 rings (SSSR count). The first-order chi connectivity index (χ1) is 13.2. The minimum atomic E-state index is -0.00123. The second-order valence-corrected chi connectivity index (χ2v) is 8.82. The van der Waals surface area contributed by atoms with E-state index >= 15 is 0 Å². The molecule has 0 amide bonds. The van der Waals surface area contributed by atoms with E-state index in [1.165, 1.54) is 50.8 Å². The highest BCUT2D eigenvalue weighted by Crippen LogP contribution is 2.32. The lowest BCUT2D eigenvalue weighted by molar-refractivity contribution is 0.157. The number of alkyl halides is 1. The molecule has 3 fully saturated rings. The summed E-state index contributed by atoms with van der Waals surface area (Å²) in [6.45, 7) is 3.93. The Labute approximate surface area is 167 Å². The van der Waals surface area contributed by atoms with E-state index in [0.29, 0.717) is 23.9 Å². The van der Waals surface area contributed by atoms with Crippen molar-refractivity contribution in [2.24, 2.45) is 11.8 Å². The summed E-state index contributed by atoms with van der Waals surface area (Å²) < 4.78 is 6.00.